The number of carbonyl (C=O) groups is 1. The molecule has 0 saturated carbocycles. The van der Waals surface area contributed by atoms with Gasteiger partial charge >= 0.3 is 0 Å². The van der Waals surface area contributed by atoms with E-state index in [4.69, 9.17) is 5.73 Å². The van der Waals surface area contributed by atoms with E-state index in [-0.39, 0.29) is 24.9 Å². The molecule has 15 heavy (non-hydrogen) atoms. The first-order chi connectivity index (χ1) is 6.74. The number of amides is 1. The number of rotatable bonds is 6. The van der Waals surface area contributed by atoms with E-state index in [0.717, 1.165) is 6.26 Å². The third kappa shape index (κ3) is 7.29. The normalized spacial score (nSPS) is 13.9. The monoisotopic (exact) mass is 237 g/mol. The Morgan fingerprint density at radius 1 is 1.33 bits per heavy atom. The molecule has 0 aliphatic rings. The van der Waals surface area contributed by atoms with Crippen LogP contribution in [0.15, 0.2) is 0 Å². The van der Waals surface area contributed by atoms with Gasteiger partial charge in [0.1, 0.15) is 0 Å². The standard InChI is InChI=1S/C8H19N3O3S/c1-6(2)7(9)8(12)10-4-5-11-15(3,13)14/h6-7,11H,4-5,9H2,1-3H3,(H,10,12)/t7-/m1/s1. The van der Waals surface area contributed by atoms with Gasteiger partial charge in [0.2, 0.25) is 15.9 Å². The van der Waals surface area contributed by atoms with E-state index in [2.05, 4.69) is 10.0 Å². The van der Waals surface area contributed by atoms with E-state index < -0.39 is 16.1 Å². The lowest BCUT2D eigenvalue weighted by Crippen LogP contribution is -2.46. The van der Waals surface area contributed by atoms with Crippen molar-refractivity contribution >= 4 is 15.9 Å². The van der Waals surface area contributed by atoms with Crippen LogP contribution in [-0.4, -0.2) is 39.7 Å². The summed E-state index contributed by atoms with van der Waals surface area (Å²) in [6.07, 6.45) is 1.06. The van der Waals surface area contributed by atoms with Crippen LogP contribution in [0.4, 0.5) is 0 Å². The molecule has 90 valence electrons. The molecule has 0 bridgehead atoms. The fraction of sp³-hybridized carbons (Fsp3) is 0.875. The highest BCUT2D eigenvalue weighted by Crippen LogP contribution is 1.96. The van der Waals surface area contributed by atoms with E-state index in [9.17, 15) is 13.2 Å². The lowest BCUT2D eigenvalue weighted by Gasteiger charge is -2.15. The minimum atomic E-state index is -3.19. The summed E-state index contributed by atoms with van der Waals surface area (Å²) in [5, 5.41) is 2.55. The molecule has 0 spiro atoms. The predicted molar refractivity (Wildman–Crippen MR) is 58.7 cm³/mol. The first kappa shape index (κ1) is 14.3. The van der Waals surface area contributed by atoms with Gasteiger partial charge in [-0.15, -0.1) is 0 Å². The molecule has 0 aromatic rings. The fourth-order valence-corrected chi connectivity index (χ4v) is 1.32. The van der Waals surface area contributed by atoms with E-state index >= 15 is 0 Å². The second-order valence-electron chi connectivity index (χ2n) is 3.73. The number of sulfonamides is 1. The summed E-state index contributed by atoms with van der Waals surface area (Å²) in [5.41, 5.74) is 5.58. The zero-order valence-corrected chi connectivity index (χ0v) is 10.1. The Morgan fingerprint density at radius 3 is 2.27 bits per heavy atom. The van der Waals surface area contributed by atoms with Gasteiger partial charge in [-0.1, -0.05) is 13.8 Å². The maximum Gasteiger partial charge on any atom is 0.237 e. The summed E-state index contributed by atoms with van der Waals surface area (Å²) in [4.78, 5) is 11.3. The third-order valence-corrected chi connectivity index (χ3v) is 2.54. The van der Waals surface area contributed by atoms with Crippen molar-refractivity contribution in [3.05, 3.63) is 0 Å². The molecule has 6 nitrogen and oxygen atoms in total. The molecule has 0 aliphatic carbocycles. The Kier molecular flexibility index (Phi) is 5.77. The van der Waals surface area contributed by atoms with E-state index in [1.165, 1.54) is 0 Å². The second-order valence-corrected chi connectivity index (χ2v) is 5.56. The highest BCUT2D eigenvalue weighted by molar-refractivity contribution is 7.88. The Balaban J connectivity index is 3.74. The molecule has 0 aliphatic heterocycles. The smallest absolute Gasteiger partial charge is 0.237 e. The summed E-state index contributed by atoms with van der Waals surface area (Å²) in [5.74, 6) is -0.201. The SMILES string of the molecule is CC(C)[C@@H](N)C(=O)NCCNS(C)(=O)=O. The molecule has 0 unspecified atom stereocenters. The molecule has 4 N–H and O–H groups in total. The minimum Gasteiger partial charge on any atom is -0.353 e. The quantitative estimate of drug-likeness (QED) is 0.496. The average molecular weight is 237 g/mol. The zero-order chi connectivity index (χ0) is 12.1. The summed E-state index contributed by atoms with van der Waals surface area (Å²) in [6, 6.07) is -0.553. The highest BCUT2D eigenvalue weighted by atomic mass is 32.2. The van der Waals surface area contributed by atoms with Gasteiger partial charge in [-0.25, -0.2) is 13.1 Å². The second kappa shape index (κ2) is 6.04. The van der Waals surface area contributed by atoms with Crippen LogP contribution in [0, 0.1) is 5.92 Å². The van der Waals surface area contributed by atoms with E-state index in [1.807, 2.05) is 13.8 Å². The molecule has 0 fully saturated rings. The van der Waals surface area contributed by atoms with Crippen LogP contribution in [0.3, 0.4) is 0 Å². The lowest BCUT2D eigenvalue weighted by atomic mass is 10.1. The predicted octanol–water partition coefficient (Wildman–Crippen LogP) is -1.36. The van der Waals surface area contributed by atoms with Gasteiger partial charge in [0.25, 0.3) is 0 Å². The Labute approximate surface area is 90.7 Å². The maximum atomic E-state index is 11.3. The molecule has 1 amide bonds. The molecule has 1 atom stereocenters. The minimum absolute atomic E-state index is 0.0628. The molecule has 0 rings (SSSR count). The molecule has 0 aromatic carbocycles. The summed E-state index contributed by atoms with van der Waals surface area (Å²) in [6.45, 7) is 4.11. The van der Waals surface area contributed by atoms with Crippen LogP contribution in [0.5, 0.6) is 0 Å². The van der Waals surface area contributed by atoms with E-state index in [0.29, 0.717) is 0 Å². The van der Waals surface area contributed by atoms with Crippen LogP contribution in [0.2, 0.25) is 0 Å². The van der Waals surface area contributed by atoms with Gasteiger partial charge in [-0.2, -0.15) is 0 Å². The largest absolute Gasteiger partial charge is 0.353 e. The Hall–Kier alpha value is -0.660. The number of nitrogens with two attached hydrogens (primary N) is 1. The number of carbonyl (C=O) groups excluding carboxylic acids is 1. The molecular weight excluding hydrogens is 218 g/mol. The van der Waals surface area contributed by atoms with Crippen LogP contribution in [0.25, 0.3) is 0 Å². The van der Waals surface area contributed by atoms with Gasteiger partial charge in [-0.05, 0) is 5.92 Å². The number of hydrogen-bond acceptors (Lipinski definition) is 4. The Bertz CT molecular complexity index is 300. The highest BCUT2D eigenvalue weighted by Gasteiger charge is 2.16. The van der Waals surface area contributed by atoms with Crippen molar-refractivity contribution < 1.29 is 13.2 Å². The van der Waals surface area contributed by atoms with Crippen molar-refractivity contribution in [2.75, 3.05) is 19.3 Å². The van der Waals surface area contributed by atoms with Crippen molar-refractivity contribution in [3.63, 3.8) is 0 Å². The van der Waals surface area contributed by atoms with Crippen LogP contribution in [-0.2, 0) is 14.8 Å². The van der Waals surface area contributed by atoms with Gasteiger partial charge in [0.15, 0.2) is 0 Å². The first-order valence-corrected chi connectivity index (χ1v) is 6.61. The molecule has 0 radical (unpaired) electrons. The maximum absolute atomic E-state index is 11.3. The van der Waals surface area contributed by atoms with Crippen LogP contribution in [0.1, 0.15) is 13.8 Å². The fourth-order valence-electron chi connectivity index (χ4n) is 0.843. The number of hydrogen-bond donors (Lipinski definition) is 3. The summed E-state index contributed by atoms with van der Waals surface area (Å²) < 4.78 is 23.6. The van der Waals surface area contributed by atoms with Gasteiger partial charge in [-0.3, -0.25) is 4.79 Å². The summed E-state index contributed by atoms with van der Waals surface area (Å²) >= 11 is 0. The van der Waals surface area contributed by atoms with Gasteiger partial charge in [0.05, 0.1) is 12.3 Å². The molecule has 0 aromatic heterocycles. The molecule has 0 saturated heterocycles. The van der Waals surface area contributed by atoms with Crippen molar-refractivity contribution in [2.24, 2.45) is 11.7 Å². The topological polar surface area (TPSA) is 101 Å². The zero-order valence-electron chi connectivity index (χ0n) is 9.28. The van der Waals surface area contributed by atoms with Gasteiger partial charge in [0, 0.05) is 13.1 Å². The van der Waals surface area contributed by atoms with Crippen molar-refractivity contribution in [2.45, 2.75) is 19.9 Å². The molecular formula is C8H19N3O3S. The van der Waals surface area contributed by atoms with E-state index in [1.54, 1.807) is 0 Å². The average Bonchev–Trinajstić information content (AvgIpc) is 2.09. The van der Waals surface area contributed by atoms with Crippen molar-refractivity contribution in [1.29, 1.82) is 0 Å². The first-order valence-electron chi connectivity index (χ1n) is 4.72. The molecule has 7 heteroatoms. The van der Waals surface area contributed by atoms with Gasteiger partial charge < -0.3 is 11.1 Å². The number of nitrogens with one attached hydrogen (secondary N) is 2. The van der Waals surface area contributed by atoms with Crippen LogP contribution < -0.4 is 15.8 Å². The van der Waals surface area contributed by atoms with Crippen molar-refractivity contribution in [3.8, 4) is 0 Å². The third-order valence-electron chi connectivity index (χ3n) is 1.81. The Morgan fingerprint density at radius 2 is 1.87 bits per heavy atom. The molecule has 0 heterocycles. The lowest BCUT2D eigenvalue weighted by molar-refractivity contribution is -0.123. The van der Waals surface area contributed by atoms with Crippen molar-refractivity contribution in [1.82, 2.24) is 10.0 Å². The summed E-state index contributed by atoms with van der Waals surface area (Å²) in [7, 11) is -3.19. The van der Waals surface area contributed by atoms with Crippen LogP contribution >= 0.6 is 0 Å².